The lowest BCUT2D eigenvalue weighted by Gasteiger charge is -2.43. The van der Waals surface area contributed by atoms with Gasteiger partial charge in [0.05, 0.1) is 19.8 Å². The zero-order valence-corrected chi connectivity index (χ0v) is 20.3. The van der Waals surface area contributed by atoms with Gasteiger partial charge in [-0.2, -0.15) is 0 Å². The van der Waals surface area contributed by atoms with Crippen LogP contribution in [0.1, 0.15) is 56.6 Å². The van der Waals surface area contributed by atoms with E-state index in [-0.39, 0.29) is 6.61 Å². The fourth-order valence-corrected chi connectivity index (χ4v) is 4.16. The van der Waals surface area contributed by atoms with E-state index in [1.165, 1.54) is 25.7 Å². The molecule has 1 fully saturated rings. The molecule has 0 aromatic heterocycles. The Kier molecular flexibility index (Phi) is 12.0. The molecule has 188 valence electrons. The van der Waals surface area contributed by atoms with Crippen LogP contribution in [0, 0.1) is 0 Å². The minimum atomic E-state index is -1.04. The maximum atomic E-state index is 10.9. The van der Waals surface area contributed by atoms with Crippen molar-refractivity contribution in [1.29, 1.82) is 0 Å². The highest BCUT2D eigenvalue weighted by Gasteiger charge is 2.47. The molecule has 34 heavy (non-hydrogen) atoms. The van der Waals surface area contributed by atoms with Crippen molar-refractivity contribution >= 4 is 0 Å². The van der Waals surface area contributed by atoms with Crippen LogP contribution in [0.2, 0.25) is 0 Å². The number of unbranched alkanes of at least 4 members (excludes halogenated alkanes) is 5. The molecule has 1 heterocycles. The van der Waals surface area contributed by atoms with Gasteiger partial charge in [0.1, 0.15) is 24.4 Å². The number of aliphatic hydroxyl groups is 2. The largest absolute Gasteiger partial charge is 0.394 e. The number of benzene rings is 2. The van der Waals surface area contributed by atoms with Gasteiger partial charge >= 0.3 is 0 Å². The summed E-state index contributed by atoms with van der Waals surface area (Å²) in [5, 5.41) is 20.8. The first-order valence-electron chi connectivity index (χ1n) is 12.6. The molecule has 0 aliphatic carbocycles. The van der Waals surface area contributed by atoms with Crippen LogP contribution in [0.5, 0.6) is 0 Å². The van der Waals surface area contributed by atoms with Crippen molar-refractivity contribution in [2.75, 3.05) is 13.2 Å². The molecule has 0 spiro atoms. The number of aliphatic hydroxyl groups excluding tert-OH is 2. The van der Waals surface area contributed by atoms with Crippen molar-refractivity contribution in [3.8, 4) is 0 Å². The summed E-state index contributed by atoms with van der Waals surface area (Å²) in [6.07, 6.45) is 3.03. The molecule has 0 bridgehead atoms. The second kappa shape index (κ2) is 15.2. The van der Waals surface area contributed by atoms with E-state index in [1.807, 2.05) is 60.7 Å². The molecule has 0 amide bonds. The summed E-state index contributed by atoms with van der Waals surface area (Å²) in [6.45, 7) is 3.07. The molecular weight excluding hydrogens is 432 g/mol. The summed E-state index contributed by atoms with van der Waals surface area (Å²) in [6, 6.07) is 19.7. The number of hydrogen-bond acceptors (Lipinski definition) is 6. The first kappa shape index (κ1) is 26.8. The molecule has 0 radical (unpaired) electrons. The lowest BCUT2D eigenvalue weighted by atomic mass is 9.98. The normalized spacial score (nSPS) is 24.9. The molecule has 2 aromatic rings. The molecule has 2 N–H and O–H groups in total. The summed E-state index contributed by atoms with van der Waals surface area (Å²) >= 11 is 0. The SMILES string of the molecule is CCCCCCCCO[C@@H]1O[C@H](CO)[C@@H](O)[C@H](OCc2ccccc2)[C@H]1OCc1ccccc1. The van der Waals surface area contributed by atoms with E-state index in [1.54, 1.807) is 0 Å². The van der Waals surface area contributed by atoms with E-state index < -0.39 is 30.7 Å². The minimum Gasteiger partial charge on any atom is -0.394 e. The van der Waals surface area contributed by atoms with Crippen LogP contribution < -0.4 is 0 Å². The monoisotopic (exact) mass is 472 g/mol. The molecule has 0 saturated carbocycles. The third kappa shape index (κ3) is 8.45. The second-order valence-corrected chi connectivity index (χ2v) is 8.88. The van der Waals surface area contributed by atoms with Crippen LogP contribution in [0.15, 0.2) is 60.7 Å². The Balaban J connectivity index is 1.66. The highest BCUT2D eigenvalue weighted by molar-refractivity contribution is 5.14. The van der Waals surface area contributed by atoms with Gasteiger partial charge in [-0.1, -0.05) is 99.7 Å². The fourth-order valence-electron chi connectivity index (χ4n) is 4.16. The Hall–Kier alpha value is -1.80. The Morgan fingerprint density at radius 1 is 0.735 bits per heavy atom. The quantitative estimate of drug-likeness (QED) is 0.369. The van der Waals surface area contributed by atoms with E-state index in [9.17, 15) is 10.2 Å². The average molecular weight is 473 g/mol. The number of rotatable bonds is 15. The first-order valence-corrected chi connectivity index (χ1v) is 12.6. The minimum absolute atomic E-state index is 0.316. The topological polar surface area (TPSA) is 77.4 Å². The number of hydrogen-bond donors (Lipinski definition) is 2. The van der Waals surface area contributed by atoms with Crippen molar-refractivity contribution < 1.29 is 29.2 Å². The van der Waals surface area contributed by atoms with E-state index in [4.69, 9.17) is 18.9 Å². The Morgan fingerprint density at radius 2 is 1.29 bits per heavy atom. The van der Waals surface area contributed by atoms with Crippen LogP contribution in [0.4, 0.5) is 0 Å². The summed E-state index contributed by atoms with van der Waals surface area (Å²) in [7, 11) is 0. The van der Waals surface area contributed by atoms with Gasteiger partial charge in [0.2, 0.25) is 0 Å². The van der Waals surface area contributed by atoms with E-state index >= 15 is 0 Å². The van der Waals surface area contributed by atoms with E-state index in [0.717, 1.165) is 24.0 Å². The van der Waals surface area contributed by atoms with Gasteiger partial charge in [0, 0.05) is 6.61 Å². The summed E-state index contributed by atoms with van der Waals surface area (Å²) in [5.41, 5.74) is 2.01. The smallest absolute Gasteiger partial charge is 0.186 e. The highest BCUT2D eigenvalue weighted by atomic mass is 16.7. The highest BCUT2D eigenvalue weighted by Crippen LogP contribution is 2.28. The Morgan fingerprint density at radius 3 is 1.88 bits per heavy atom. The third-order valence-electron chi connectivity index (χ3n) is 6.15. The molecule has 6 nitrogen and oxygen atoms in total. The summed E-state index contributed by atoms with van der Waals surface area (Å²) in [4.78, 5) is 0. The van der Waals surface area contributed by atoms with Gasteiger partial charge in [0.15, 0.2) is 6.29 Å². The Labute approximate surface area is 203 Å². The molecule has 2 aromatic carbocycles. The standard InChI is InChI=1S/C28H40O6/c1-2-3-4-5-6-13-18-31-28-27(33-21-23-16-11-8-12-17-23)26(25(30)24(19-29)34-28)32-20-22-14-9-7-10-15-22/h7-12,14-17,24-30H,2-6,13,18-21H2,1H3/t24-,25-,26+,27-,28-/m1/s1. The van der Waals surface area contributed by atoms with Crippen LogP contribution >= 0.6 is 0 Å². The number of ether oxygens (including phenoxy) is 4. The first-order chi connectivity index (χ1) is 16.7. The van der Waals surface area contributed by atoms with E-state index in [2.05, 4.69) is 6.92 Å². The molecule has 1 saturated heterocycles. The van der Waals surface area contributed by atoms with Crippen LogP contribution in [-0.4, -0.2) is 54.1 Å². The fraction of sp³-hybridized carbons (Fsp3) is 0.571. The van der Waals surface area contributed by atoms with Crippen LogP contribution in [0.3, 0.4) is 0 Å². The molecule has 5 atom stereocenters. The van der Waals surface area contributed by atoms with Crippen LogP contribution in [-0.2, 0) is 32.2 Å². The predicted octanol–water partition coefficient (Wildman–Crippen LogP) is 4.61. The lowest BCUT2D eigenvalue weighted by Crippen LogP contribution is -2.60. The van der Waals surface area contributed by atoms with Crippen molar-refractivity contribution in [1.82, 2.24) is 0 Å². The van der Waals surface area contributed by atoms with Gasteiger partial charge in [-0.05, 0) is 17.5 Å². The lowest BCUT2D eigenvalue weighted by molar-refractivity contribution is -0.319. The average Bonchev–Trinajstić information content (AvgIpc) is 2.88. The maximum Gasteiger partial charge on any atom is 0.186 e. The molecule has 0 unspecified atom stereocenters. The second-order valence-electron chi connectivity index (χ2n) is 8.88. The Bertz CT molecular complexity index is 771. The molecule has 1 aliphatic heterocycles. The van der Waals surface area contributed by atoms with Crippen molar-refractivity contribution in [3.05, 3.63) is 71.8 Å². The van der Waals surface area contributed by atoms with Crippen LogP contribution in [0.25, 0.3) is 0 Å². The third-order valence-corrected chi connectivity index (χ3v) is 6.15. The zero-order chi connectivity index (χ0) is 24.0. The van der Waals surface area contributed by atoms with Gasteiger partial charge in [-0.25, -0.2) is 0 Å². The van der Waals surface area contributed by atoms with Crippen molar-refractivity contribution in [2.24, 2.45) is 0 Å². The molecule has 1 aliphatic rings. The summed E-state index contributed by atoms with van der Waals surface area (Å²) < 4.78 is 24.5. The van der Waals surface area contributed by atoms with Gasteiger partial charge in [-0.15, -0.1) is 0 Å². The van der Waals surface area contributed by atoms with E-state index in [0.29, 0.717) is 19.8 Å². The van der Waals surface area contributed by atoms with Gasteiger partial charge in [0.25, 0.3) is 0 Å². The molecule has 6 heteroatoms. The maximum absolute atomic E-state index is 10.9. The zero-order valence-electron chi connectivity index (χ0n) is 20.3. The van der Waals surface area contributed by atoms with Crippen molar-refractivity contribution in [3.63, 3.8) is 0 Å². The molecular formula is C28H40O6. The van der Waals surface area contributed by atoms with Crippen molar-refractivity contribution in [2.45, 2.75) is 89.4 Å². The predicted molar refractivity (Wildman–Crippen MR) is 131 cm³/mol. The summed E-state index contributed by atoms with van der Waals surface area (Å²) in [5.74, 6) is 0. The molecule has 3 rings (SSSR count). The van der Waals surface area contributed by atoms with Gasteiger partial charge in [-0.3, -0.25) is 0 Å². The van der Waals surface area contributed by atoms with Gasteiger partial charge < -0.3 is 29.2 Å².